The van der Waals surface area contributed by atoms with Crippen LogP contribution in [0.2, 0.25) is 0 Å². The van der Waals surface area contributed by atoms with E-state index in [4.69, 9.17) is 14.9 Å². The number of aryl methyl sites for hydroxylation is 1. The lowest BCUT2D eigenvalue weighted by atomic mass is 10.1. The van der Waals surface area contributed by atoms with E-state index in [2.05, 4.69) is 5.32 Å². The number of carboxylic acid groups (broad SMARTS) is 1. The number of carbonyl (C=O) groups is 2. The van der Waals surface area contributed by atoms with Crippen LogP contribution in [-0.2, 0) is 4.74 Å². The number of amides is 2. The summed E-state index contributed by atoms with van der Waals surface area (Å²) in [4.78, 5) is 24.6. The first-order valence-electron chi connectivity index (χ1n) is 6.63. The number of hydrogen-bond donors (Lipinski definition) is 3. The third-order valence-corrected chi connectivity index (χ3v) is 3.34. The van der Waals surface area contributed by atoms with Crippen LogP contribution in [0, 0.1) is 6.92 Å². The molecule has 7 heteroatoms. The Kier molecular flexibility index (Phi) is 4.77. The number of aliphatic hydroxyl groups excluding tert-OH is 1. The molecule has 114 valence electrons. The summed E-state index contributed by atoms with van der Waals surface area (Å²) in [6.45, 7) is 2.77. The maximum atomic E-state index is 12.2. The van der Waals surface area contributed by atoms with Crippen molar-refractivity contribution >= 4 is 17.7 Å². The van der Waals surface area contributed by atoms with Gasteiger partial charge in [-0.25, -0.2) is 9.59 Å². The fourth-order valence-electron chi connectivity index (χ4n) is 2.15. The SMILES string of the molecule is Cc1cc(C(=O)O)ccc1NC(=O)N1CCOC(CO)C1. The third-order valence-electron chi connectivity index (χ3n) is 3.34. The molecule has 0 spiro atoms. The first kappa shape index (κ1) is 15.3. The van der Waals surface area contributed by atoms with Crippen molar-refractivity contribution in [3.8, 4) is 0 Å². The summed E-state index contributed by atoms with van der Waals surface area (Å²) in [6, 6.07) is 4.23. The minimum atomic E-state index is -1.00. The molecule has 0 saturated carbocycles. The van der Waals surface area contributed by atoms with E-state index < -0.39 is 5.97 Å². The topological polar surface area (TPSA) is 99.1 Å². The van der Waals surface area contributed by atoms with Gasteiger partial charge in [0.15, 0.2) is 0 Å². The number of aliphatic hydroxyl groups is 1. The molecule has 0 bridgehead atoms. The number of hydrogen-bond acceptors (Lipinski definition) is 4. The number of ether oxygens (including phenoxy) is 1. The van der Waals surface area contributed by atoms with Gasteiger partial charge in [0, 0.05) is 12.2 Å². The fraction of sp³-hybridized carbons (Fsp3) is 0.429. The molecule has 1 atom stereocenters. The van der Waals surface area contributed by atoms with E-state index >= 15 is 0 Å². The van der Waals surface area contributed by atoms with Crippen molar-refractivity contribution in [2.24, 2.45) is 0 Å². The van der Waals surface area contributed by atoms with Crippen LogP contribution in [0.4, 0.5) is 10.5 Å². The minimum Gasteiger partial charge on any atom is -0.478 e. The summed E-state index contributed by atoms with van der Waals surface area (Å²) in [6.07, 6.45) is -0.361. The van der Waals surface area contributed by atoms with Gasteiger partial charge < -0.3 is 25.2 Å². The molecule has 0 aliphatic carbocycles. The van der Waals surface area contributed by atoms with Crippen LogP contribution in [-0.4, -0.2) is 59.5 Å². The predicted molar refractivity (Wildman–Crippen MR) is 75.6 cm³/mol. The van der Waals surface area contributed by atoms with E-state index in [-0.39, 0.29) is 24.3 Å². The van der Waals surface area contributed by atoms with Crippen molar-refractivity contribution in [2.45, 2.75) is 13.0 Å². The summed E-state index contributed by atoms with van der Waals surface area (Å²) in [7, 11) is 0. The lowest BCUT2D eigenvalue weighted by molar-refractivity contribution is -0.0388. The van der Waals surface area contributed by atoms with Gasteiger partial charge in [-0.2, -0.15) is 0 Å². The van der Waals surface area contributed by atoms with Crippen LogP contribution in [0.15, 0.2) is 18.2 Å². The smallest absolute Gasteiger partial charge is 0.335 e. The van der Waals surface area contributed by atoms with Gasteiger partial charge in [0.2, 0.25) is 0 Å². The normalized spacial score (nSPS) is 18.4. The van der Waals surface area contributed by atoms with Crippen molar-refractivity contribution in [3.05, 3.63) is 29.3 Å². The highest BCUT2D eigenvalue weighted by molar-refractivity contribution is 5.92. The van der Waals surface area contributed by atoms with Crippen LogP contribution < -0.4 is 5.32 Å². The number of aromatic carboxylic acids is 1. The first-order valence-corrected chi connectivity index (χ1v) is 6.63. The molecule has 3 N–H and O–H groups in total. The molecule has 1 aliphatic heterocycles. The Balaban J connectivity index is 2.04. The largest absolute Gasteiger partial charge is 0.478 e. The molecule has 0 radical (unpaired) electrons. The molecule has 1 fully saturated rings. The molecule has 1 aliphatic rings. The lowest BCUT2D eigenvalue weighted by Gasteiger charge is -2.32. The Morgan fingerprint density at radius 3 is 2.86 bits per heavy atom. The second-order valence-electron chi connectivity index (χ2n) is 4.89. The quantitative estimate of drug-likeness (QED) is 0.770. The Bertz CT molecular complexity index is 546. The maximum Gasteiger partial charge on any atom is 0.335 e. The molecule has 21 heavy (non-hydrogen) atoms. The van der Waals surface area contributed by atoms with Gasteiger partial charge in [-0.3, -0.25) is 0 Å². The predicted octanol–water partition coefficient (Wildman–Crippen LogP) is 0.918. The zero-order chi connectivity index (χ0) is 15.4. The van der Waals surface area contributed by atoms with E-state index in [1.165, 1.54) is 12.1 Å². The summed E-state index contributed by atoms with van der Waals surface area (Å²) in [5.74, 6) is -1.00. The number of nitrogens with zero attached hydrogens (tertiary/aromatic N) is 1. The van der Waals surface area contributed by atoms with Crippen molar-refractivity contribution in [1.29, 1.82) is 0 Å². The molecule has 1 saturated heterocycles. The number of carbonyl (C=O) groups excluding carboxylic acids is 1. The van der Waals surface area contributed by atoms with Crippen molar-refractivity contribution in [1.82, 2.24) is 4.90 Å². The molecule has 1 aromatic rings. The van der Waals surface area contributed by atoms with Crippen LogP contribution in [0.5, 0.6) is 0 Å². The second-order valence-corrected chi connectivity index (χ2v) is 4.89. The Morgan fingerprint density at radius 2 is 2.24 bits per heavy atom. The number of anilines is 1. The second kappa shape index (κ2) is 6.55. The van der Waals surface area contributed by atoms with E-state index in [9.17, 15) is 9.59 Å². The molecular weight excluding hydrogens is 276 g/mol. The number of urea groups is 1. The number of morpholine rings is 1. The van der Waals surface area contributed by atoms with Gasteiger partial charge in [0.05, 0.1) is 31.4 Å². The van der Waals surface area contributed by atoms with Gasteiger partial charge in [-0.1, -0.05) is 0 Å². The van der Waals surface area contributed by atoms with Gasteiger partial charge in [-0.05, 0) is 30.7 Å². The van der Waals surface area contributed by atoms with E-state index in [0.29, 0.717) is 30.9 Å². The van der Waals surface area contributed by atoms with Gasteiger partial charge in [-0.15, -0.1) is 0 Å². The minimum absolute atomic E-state index is 0.129. The van der Waals surface area contributed by atoms with Crippen LogP contribution in [0.1, 0.15) is 15.9 Å². The van der Waals surface area contributed by atoms with Crippen LogP contribution >= 0.6 is 0 Å². The average molecular weight is 294 g/mol. The molecule has 2 rings (SSSR count). The lowest BCUT2D eigenvalue weighted by Crippen LogP contribution is -2.48. The van der Waals surface area contributed by atoms with Gasteiger partial charge in [0.25, 0.3) is 0 Å². The molecular formula is C14H18N2O5. The zero-order valence-corrected chi connectivity index (χ0v) is 11.7. The highest BCUT2D eigenvalue weighted by atomic mass is 16.5. The summed E-state index contributed by atoms with van der Waals surface area (Å²) in [5.41, 5.74) is 1.42. The average Bonchev–Trinajstić information content (AvgIpc) is 2.49. The maximum absolute atomic E-state index is 12.2. The molecule has 1 aromatic carbocycles. The molecule has 1 heterocycles. The van der Waals surface area contributed by atoms with Crippen LogP contribution in [0.25, 0.3) is 0 Å². The highest BCUT2D eigenvalue weighted by Gasteiger charge is 2.24. The highest BCUT2D eigenvalue weighted by Crippen LogP contribution is 2.18. The zero-order valence-electron chi connectivity index (χ0n) is 11.7. The molecule has 1 unspecified atom stereocenters. The number of nitrogens with one attached hydrogen (secondary N) is 1. The molecule has 7 nitrogen and oxygen atoms in total. The fourth-order valence-corrected chi connectivity index (χ4v) is 2.15. The Hall–Kier alpha value is -2.12. The van der Waals surface area contributed by atoms with Crippen LogP contribution in [0.3, 0.4) is 0 Å². The number of rotatable bonds is 3. The Morgan fingerprint density at radius 1 is 1.48 bits per heavy atom. The molecule has 2 amide bonds. The van der Waals surface area contributed by atoms with Crippen molar-refractivity contribution < 1.29 is 24.5 Å². The number of benzene rings is 1. The summed E-state index contributed by atoms with van der Waals surface area (Å²) in [5, 5.41) is 20.7. The van der Waals surface area contributed by atoms with Crippen molar-refractivity contribution in [3.63, 3.8) is 0 Å². The first-order chi connectivity index (χ1) is 10.0. The Labute approximate surface area is 122 Å². The van der Waals surface area contributed by atoms with E-state index in [1.54, 1.807) is 17.9 Å². The standard InChI is InChI=1S/C14H18N2O5/c1-9-6-10(13(18)19)2-3-12(9)15-14(20)16-4-5-21-11(7-16)8-17/h2-3,6,11,17H,4-5,7-8H2,1H3,(H,15,20)(H,18,19). The number of carboxylic acids is 1. The summed E-state index contributed by atoms with van der Waals surface area (Å²) < 4.78 is 5.29. The van der Waals surface area contributed by atoms with Gasteiger partial charge >= 0.3 is 12.0 Å². The summed E-state index contributed by atoms with van der Waals surface area (Å²) >= 11 is 0. The monoisotopic (exact) mass is 294 g/mol. The molecule has 0 aromatic heterocycles. The van der Waals surface area contributed by atoms with E-state index in [0.717, 1.165) is 0 Å². The third kappa shape index (κ3) is 3.71. The van der Waals surface area contributed by atoms with Gasteiger partial charge in [0.1, 0.15) is 0 Å². The van der Waals surface area contributed by atoms with Crippen molar-refractivity contribution in [2.75, 3.05) is 31.6 Å². The van der Waals surface area contributed by atoms with E-state index in [1.807, 2.05) is 0 Å².